The van der Waals surface area contributed by atoms with Crippen LogP contribution in [0.25, 0.3) is 0 Å². The van der Waals surface area contributed by atoms with Crippen molar-refractivity contribution < 1.29 is 14.3 Å². The zero-order valence-corrected chi connectivity index (χ0v) is 17.7. The summed E-state index contributed by atoms with van der Waals surface area (Å²) in [5, 5.41) is 5.79. The molecule has 1 aromatic carbocycles. The molecule has 3 rings (SSSR count). The first-order chi connectivity index (χ1) is 14.0. The van der Waals surface area contributed by atoms with E-state index < -0.39 is 6.04 Å². The topological polar surface area (TPSA) is 73.9 Å². The molecule has 2 heterocycles. The number of benzene rings is 1. The van der Waals surface area contributed by atoms with Crippen LogP contribution in [0.15, 0.2) is 35.5 Å². The van der Waals surface area contributed by atoms with Crippen LogP contribution >= 0.6 is 0 Å². The molecule has 0 radical (unpaired) electrons. The van der Waals surface area contributed by atoms with E-state index in [9.17, 15) is 9.59 Å². The Morgan fingerprint density at radius 3 is 2.59 bits per heavy atom. The average molecular weight is 401 g/mol. The highest BCUT2D eigenvalue weighted by molar-refractivity contribution is 5.95. The Balaban J connectivity index is 1.93. The molecular formula is C22H32N4O3. The van der Waals surface area contributed by atoms with Crippen LogP contribution < -0.4 is 10.6 Å². The summed E-state index contributed by atoms with van der Waals surface area (Å²) in [4.78, 5) is 29.9. The molecule has 1 aromatic rings. The Bertz CT molecular complexity index is 760. The number of esters is 1. The van der Waals surface area contributed by atoms with Crippen molar-refractivity contribution in [2.24, 2.45) is 0 Å². The zero-order chi connectivity index (χ0) is 20.8. The molecule has 2 aliphatic rings. The fourth-order valence-corrected chi connectivity index (χ4v) is 3.87. The van der Waals surface area contributed by atoms with E-state index in [1.807, 2.05) is 24.3 Å². The predicted molar refractivity (Wildman–Crippen MR) is 112 cm³/mol. The number of hydrogen-bond donors (Lipinski definition) is 2. The number of carbonyl (C=O) groups is 2. The van der Waals surface area contributed by atoms with Crippen molar-refractivity contribution in [3.63, 3.8) is 0 Å². The van der Waals surface area contributed by atoms with Crippen LogP contribution in [0.3, 0.4) is 0 Å². The number of aryl methyl sites for hydroxylation is 1. The van der Waals surface area contributed by atoms with Crippen LogP contribution in [-0.4, -0.2) is 68.2 Å². The van der Waals surface area contributed by atoms with Crippen LogP contribution in [0, 0.1) is 0 Å². The van der Waals surface area contributed by atoms with Crippen LogP contribution in [0.4, 0.5) is 4.79 Å². The van der Waals surface area contributed by atoms with Crippen LogP contribution in [0.1, 0.15) is 37.4 Å². The van der Waals surface area contributed by atoms with E-state index in [0.717, 1.165) is 44.6 Å². The summed E-state index contributed by atoms with van der Waals surface area (Å²) >= 11 is 0. The Kier molecular flexibility index (Phi) is 7.28. The summed E-state index contributed by atoms with van der Waals surface area (Å²) in [5.74, 6) is -0.383. The molecule has 2 N–H and O–H groups in total. The largest absolute Gasteiger partial charge is 0.463 e. The first-order valence-electron chi connectivity index (χ1n) is 10.5. The standard InChI is InChI=1S/C22H32N4O3/c1-4-16-7-9-17(10-8-16)20-19(21(27)29-5-2)18(23-22(28)24-20)15-26-12-6-11-25(3)13-14-26/h7-10,20H,4-6,11-15H2,1-3H3,(H2,23,24,28)/t20-/m0/s1. The maximum absolute atomic E-state index is 12.9. The lowest BCUT2D eigenvalue weighted by Gasteiger charge is -2.32. The number of urea groups is 1. The van der Waals surface area contributed by atoms with Crippen LogP contribution in [-0.2, 0) is 16.0 Å². The third-order valence-electron chi connectivity index (χ3n) is 5.56. The quantitative estimate of drug-likeness (QED) is 0.715. The number of amides is 2. The van der Waals surface area contributed by atoms with Gasteiger partial charge in [0.15, 0.2) is 0 Å². The molecule has 7 heteroatoms. The number of nitrogens with zero attached hydrogens (tertiary/aromatic N) is 2. The molecule has 1 saturated heterocycles. The molecule has 0 saturated carbocycles. The van der Waals surface area contributed by atoms with Gasteiger partial charge in [-0.05, 0) is 51.0 Å². The molecule has 29 heavy (non-hydrogen) atoms. The smallest absolute Gasteiger partial charge is 0.338 e. The summed E-state index contributed by atoms with van der Waals surface area (Å²) in [5.41, 5.74) is 3.23. The van der Waals surface area contributed by atoms with E-state index in [4.69, 9.17) is 4.74 Å². The van der Waals surface area contributed by atoms with E-state index in [2.05, 4.69) is 34.4 Å². The van der Waals surface area contributed by atoms with Gasteiger partial charge in [-0.3, -0.25) is 4.90 Å². The van der Waals surface area contributed by atoms with Crippen LogP contribution in [0.5, 0.6) is 0 Å². The number of carbonyl (C=O) groups excluding carboxylic acids is 2. The van der Waals surface area contributed by atoms with E-state index in [1.165, 1.54) is 5.56 Å². The molecule has 0 spiro atoms. The highest BCUT2D eigenvalue weighted by Gasteiger charge is 2.34. The lowest BCUT2D eigenvalue weighted by atomic mass is 9.94. The monoisotopic (exact) mass is 400 g/mol. The predicted octanol–water partition coefficient (Wildman–Crippen LogP) is 2.06. The highest BCUT2D eigenvalue weighted by Crippen LogP contribution is 2.28. The summed E-state index contributed by atoms with van der Waals surface area (Å²) < 4.78 is 5.36. The van der Waals surface area contributed by atoms with E-state index in [0.29, 0.717) is 24.4 Å². The van der Waals surface area contributed by atoms with Gasteiger partial charge in [-0.15, -0.1) is 0 Å². The zero-order valence-electron chi connectivity index (χ0n) is 17.7. The molecule has 7 nitrogen and oxygen atoms in total. The van der Waals surface area contributed by atoms with Gasteiger partial charge in [-0.1, -0.05) is 31.2 Å². The second kappa shape index (κ2) is 9.89. The summed E-state index contributed by atoms with van der Waals surface area (Å²) in [7, 11) is 2.12. The van der Waals surface area contributed by atoms with Crippen molar-refractivity contribution in [1.82, 2.24) is 20.4 Å². The first kappa shape index (κ1) is 21.3. The maximum atomic E-state index is 12.9. The Morgan fingerprint density at radius 1 is 1.14 bits per heavy atom. The van der Waals surface area contributed by atoms with Gasteiger partial charge in [0.05, 0.1) is 18.2 Å². The van der Waals surface area contributed by atoms with Gasteiger partial charge in [0.2, 0.25) is 0 Å². The fourth-order valence-electron chi connectivity index (χ4n) is 3.87. The molecule has 2 aliphatic heterocycles. The van der Waals surface area contributed by atoms with Gasteiger partial charge in [0.1, 0.15) is 0 Å². The number of ether oxygens (including phenoxy) is 1. The molecular weight excluding hydrogens is 368 g/mol. The molecule has 0 aromatic heterocycles. The molecule has 1 fully saturated rings. The average Bonchev–Trinajstić information content (AvgIpc) is 2.92. The number of nitrogens with one attached hydrogen (secondary N) is 2. The van der Waals surface area contributed by atoms with Crippen LogP contribution in [0.2, 0.25) is 0 Å². The van der Waals surface area contributed by atoms with E-state index >= 15 is 0 Å². The third-order valence-corrected chi connectivity index (χ3v) is 5.56. The number of rotatable bonds is 6. The minimum absolute atomic E-state index is 0.287. The second-order valence-electron chi connectivity index (χ2n) is 7.67. The molecule has 0 bridgehead atoms. The van der Waals surface area contributed by atoms with Crippen molar-refractivity contribution in [3.8, 4) is 0 Å². The summed E-state index contributed by atoms with van der Waals surface area (Å²) in [6.45, 7) is 8.57. The lowest BCUT2D eigenvalue weighted by Crippen LogP contribution is -2.48. The van der Waals surface area contributed by atoms with Gasteiger partial charge in [0.25, 0.3) is 0 Å². The molecule has 1 atom stereocenters. The Hall–Kier alpha value is -2.38. The van der Waals surface area contributed by atoms with Crippen molar-refractivity contribution >= 4 is 12.0 Å². The van der Waals surface area contributed by atoms with Crippen molar-refractivity contribution in [3.05, 3.63) is 46.7 Å². The third kappa shape index (κ3) is 5.36. The molecule has 158 valence electrons. The molecule has 0 aliphatic carbocycles. The minimum Gasteiger partial charge on any atom is -0.463 e. The highest BCUT2D eigenvalue weighted by atomic mass is 16.5. The fraction of sp³-hybridized carbons (Fsp3) is 0.545. The van der Waals surface area contributed by atoms with Gasteiger partial charge >= 0.3 is 12.0 Å². The summed E-state index contributed by atoms with van der Waals surface area (Å²) in [6.07, 6.45) is 2.00. The molecule has 0 unspecified atom stereocenters. The van der Waals surface area contributed by atoms with Gasteiger partial charge in [-0.25, -0.2) is 9.59 Å². The van der Waals surface area contributed by atoms with Crippen molar-refractivity contribution in [2.45, 2.75) is 32.7 Å². The van der Waals surface area contributed by atoms with E-state index in [1.54, 1.807) is 6.92 Å². The minimum atomic E-state index is -0.515. The SMILES string of the molecule is CCOC(=O)C1=C(CN2CCCN(C)CC2)NC(=O)N[C@H]1c1ccc(CC)cc1. The lowest BCUT2D eigenvalue weighted by molar-refractivity contribution is -0.139. The normalized spacial score (nSPS) is 21.3. The van der Waals surface area contributed by atoms with Gasteiger partial charge in [-0.2, -0.15) is 0 Å². The van der Waals surface area contributed by atoms with Gasteiger partial charge in [0, 0.05) is 25.3 Å². The number of likely N-dealkylation sites (N-methyl/N-ethyl adjacent to an activating group) is 1. The Labute approximate surface area is 173 Å². The van der Waals surface area contributed by atoms with Crippen molar-refractivity contribution in [2.75, 3.05) is 46.4 Å². The van der Waals surface area contributed by atoms with Crippen molar-refractivity contribution in [1.29, 1.82) is 0 Å². The number of hydrogen-bond acceptors (Lipinski definition) is 5. The first-order valence-corrected chi connectivity index (χ1v) is 10.5. The molecule has 2 amide bonds. The maximum Gasteiger partial charge on any atom is 0.338 e. The van der Waals surface area contributed by atoms with E-state index in [-0.39, 0.29) is 12.0 Å². The Morgan fingerprint density at radius 2 is 1.90 bits per heavy atom. The summed E-state index contributed by atoms with van der Waals surface area (Å²) in [6, 6.07) is 7.23. The van der Waals surface area contributed by atoms with Gasteiger partial charge < -0.3 is 20.3 Å². The second-order valence-corrected chi connectivity index (χ2v) is 7.67.